The van der Waals surface area contributed by atoms with Gasteiger partial charge in [-0.3, -0.25) is 19.7 Å². The van der Waals surface area contributed by atoms with Crippen molar-refractivity contribution in [2.24, 2.45) is 5.92 Å². The lowest BCUT2D eigenvalue weighted by Gasteiger charge is -2.18. The molecule has 1 atom stereocenters. The van der Waals surface area contributed by atoms with E-state index in [9.17, 15) is 19.7 Å². The van der Waals surface area contributed by atoms with Gasteiger partial charge < -0.3 is 15.0 Å². The lowest BCUT2D eigenvalue weighted by molar-refractivity contribution is -0.384. The molecule has 0 aliphatic carbocycles. The zero-order valence-corrected chi connectivity index (χ0v) is 15.9. The number of aryl methyl sites for hydroxylation is 2. The van der Waals surface area contributed by atoms with E-state index < -0.39 is 10.8 Å². The van der Waals surface area contributed by atoms with Crippen LogP contribution in [-0.4, -0.2) is 30.4 Å². The smallest absolute Gasteiger partial charge is 0.271 e. The monoisotopic (exact) mass is 383 g/mol. The van der Waals surface area contributed by atoms with E-state index >= 15 is 0 Å². The molecule has 2 amide bonds. The SMILES string of the molecule is COc1ccc([N+](=O)[O-])cc1NC(=O)C1CC(=O)N(c2ccc(C)c(C)c2)C1. The summed E-state index contributed by atoms with van der Waals surface area (Å²) in [5, 5.41) is 13.7. The van der Waals surface area contributed by atoms with Crippen LogP contribution in [0.3, 0.4) is 0 Å². The Morgan fingerprint density at radius 2 is 1.96 bits per heavy atom. The molecule has 2 aromatic rings. The Bertz CT molecular complexity index is 957. The summed E-state index contributed by atoms with van der Waals surface area (Å²) in [7, 11) is 1.41. The number of nitro groups is 1. The van der Waals surface area contributed by atoms with Gasteiger partial charge in [-0.1, -0.05) is 6.07 Å². The van der Waals surface area contributed by atoms with Gasteiger partial charge in [-0.2, -0.15) is 0 Å². The topological polar surface area (TPSA) is 102 Å². The molecule has 0 bridgehead atoms. The van der Waals surface area contributed by atoms with Crippen LogP contribution >= 0.6 is 0 Å². The minimum Gasteiger partial charge on any atom is -0.495 e. The van der Waals surface area contributed by atoms with Crippen molar-refractivity contribution in [3.05, 3.63) is 57.6 Å². The number of carbonyl (C=O) groups excluding carboxylic acids is 2. The van der Waals surface area contributed by atoms with E-state index in [2.05, 4.69) is 5.32 Å². The van der Waals surface area contributed by atoms with Crippen molar-refractivity contribution < 1.29 is 19.2 Å². The highest BCUT2D eigenvalue weighted by atomic mass is 16.6. The number of nitro benzene ring substituents is 1. The van der Waals surface area contributed by atoms with Crippen LogP contribution in [0, 0.1) is 29.9 Å². The Morgan fingerprint density at radius 1 is 1.21 bits per heavy atom. The fraction of sp³-hybridized carbons (Fsp3) is 0.300. The molecule has 0 saturated carbocycles. The third-order valence-corrected chi connectivity index (χ3v) is 4.95. The van der Waals surface area contributed by atoms with Crippen molar-refractivity contribution in [2.75, 3.05) is 23.9 Å². The molecule has 0 spiro atoms. The highest BCUT2D eigenvalue weighted by molar-refractivity contribution is 6.04. The van der Waals surface area contributed by atoms with E-state index in [4.69, 9.17) is 4.74 Å². The summed E-state index contributed by atoms with van der Waals surface area (Å²) in [6.45, 7) is 4.22. The number of benzene rings is 2. The van der Waals surface area contributed by atoms with Gasteiger partial charge in [0.15, 0.2) is 0 Å². The summed E-state index contributed by atoms with van der Waals surface area (Å²) >= 11 is 0. The van der Waals surface area contributed by atoms with Crippen molar-refractivity contribution in [1.29, 1.82) is 0 Å². The highest BCUT2D eigenvalue weighted by Gasteiger charge is 2.35. The van der Waals surface area contributed by atoms with Crippen LogP contribution in [0.1, 0.15) is 17.5 Å². The molecule has 1 N–H and O–H groups in total. The molecule has 8 nitrogen and oxygen atoms in total. The fourth-order valence-electron chi connectivity index (χ4n) is 3.17. The van der Waals surface area contributed by atoms with Gasteiger partial charge in [-0.05, 0) is 43.2 Å². The first-order chi connectivity index (χ1) is 13.3. The first-order valence-electron chi connectivity index (χ1n) is 8.81. The Balaban J connectivity index is 1.77. The van der Waals surface area contributed by atoms with E-state index in [0.717, 1.165) is 16.8 Å². The normalized spacial score (nSPS) is 16.2. The van der Waals surface area contributed by atoms with Gasteiger partial charge in [0.05, 0.1) is 23.6 Å². The minimum atomic E-state index is -0.557. The van der Waals surface area contributed by atoms with Crippen LogP contribution in [-0.2, 0) is 9.59 Å². The van der Waals surface area contributed by atoms with Crippen molar-refractivity contribution in [2.45, 2.75) is 20.3 Å². The molecule has 28 heavy (non-hydrogen) atoms. The number of ether oxygens (including phenoxy) is 1. The molecule has 1 fully saturated rings. The highest BCUT2D eigenvalue weighted by Crippen LogP contribution is 2.31. The quantitative estimate of drug-likeness (QED) is 0.631. The predicted molar refractivity (Wildman–Crippen MR) is 105 cm³/mol. The summed E-state index contributed by atoms with van der Waals surface area (Å²) in [6.07, 6.45) is 0.0794. The maximum absolute atomic E-state index is 12.7. The van der Waals surface area contributed by atoms with Gasteiger partial charge >= 0.3 is 0 Å². The van der Waals surface area contributed by atoms with Gasteiger partial charge in [0, 0.05) is 30.8 Å². The zero-order chi connectivity index (χ0) is 20.4. The maximum atomic E-state index is 12.7. The van der Waals surface area contributed by atoms with Crippen molar-refractivity contribution >= 4 is 28.9 Å². The van der Waals surface area contributed by atoms with Gasteiger partial charge in [0.25, 0.3) is 5.69 Å². The third kappa shape index (κ3) is 3.80. The summed E-state index contributed by atoms with van der Waals surface area (Å²) < 4.78 is 5.16. The molecule has 1 unspecified atom stereocenters. The first kappa shape index (κ1) is 19.3. The van der Waals surface area contributed by atoms with Gasteiger partial charge in [0.2, 0.25) is 11.8 Å². The van der Waals surface area contributed by atoms with Gasteiger partial charge in [0.1, 0.15) is 5.75 Å². The zero-order valence-electron chi connectivity index (χ0n) is 15.9. The minimum absolute atomic E-state index is 0.0794. The molecule has 2 aromatic carbocycles. The third-order valence-electron chi connectivity index (χ3n) is 4.95. The first-order valence-corrected chi connectivity index (χ1v) is 8.81. The van der Waals surface area contributed by atoms with Crippen LogP contribution in [0.15, 0.2) is 36.4 Å². The number of methoxy groups -OCH3 is 1. The lowest BCUT2D eigenvalue weighted by atomic mass is 10.1. The number of hydrogen-bond donors (Lipinski definition) is 1. The van der Waals surface area contributed by atoms with E-state index in [1.165, 1.54) is 25.3 Å². The summed E-state index contributed by atoms with van der Waals surface area (Å²) in [5.41, 5.74) is 3.01. The van der Waals surface area contributed by atoms with Crippen LogP contribution in [0.5, 0.6) is 5.75 Å². The van der Waals surface area contributed by atoms with E-state index in [1.807, 2.05) is 32.0 Å². The maximum Gasteiger partial charge on any atom is 0.271 e. The van der Waals surface area contributed by atoms with Gasteiger partial charge in [-0.25, -0.2) is 0 Å². The standard InChI is InChI=1S/C20H21N3O5/c1-12-4-5-15(8-13(12)2)22-11-14(9-19(22)24)20(25)21-17-10-16(23(26)27)6-7-18(17)28-3/h4-8,10,14H,9,11H2,1-3H3,(H,21,25). The summed E-state index contributed by atoms with van der Waals surface area (Å²) in [5.74, 6) is -0.750. The molecule has 0 radical (unpaired) electrons. The van der Waals surface area contributed by atoms with Crippen LogP contribution in [0.4, 0.5) is 17.1 Å². The van der Waals surface area contributed by atoms with Crippen LogP contribution < -0.4 is 15.0 Å². The molecule has 1 heterocycles. The number of non-ortho nitro benzene ring substituents is 1. The predicted octanol–water partition coefficient (Wildman–Crippen LogP) is 3.21. The number of nitrogens with one attached hydrogen (secondary N) is 1. The number of anilines is 2. The van der Waals surface area contributed by atoms with Crippen molar-refractivity contribution in [3.8, 4) is 5.75 Å². The number of nitrogens with zero attached hydrogens (tertiary/aromatic N) is 2. The molecular formula is C20H21N3O5. The second-order valence-corrected chi connectivity index (χ2v) is 6.80. The fourth-order valence-corrected chi connectivity index (χ4v) is 3.17. The van der Waals surface area contributed by atoms with Gasteiger partial charge in [-0.15, -0.1) is 0 Å². The molecule has 8 heteroatoms. The van der Waals surface area contributed by atoms with E-state index in [-0.39, 0.29) is 36.2 Å². The van der Waals surface area contributed by atoms with E-state index in [1.54, 1.807) is 4.90 Å². The van der Waals surface area contributed by atoms with Crippen LogP contribution in [0.2, 0.25) is 0 Å². The Kier molecular flexibility index (Phi) is 5.30. The van der Waals surface area contributed by atoms with Crippen LogP contribution in [0.25, 0.3) is 0 Å². The second-order valence-electron chi connectivity index (χ2n) is 6.80. The lowest BCUT2D eigenvalue weighted by Crippen LogP contribution is -2.28. The second kappa shape index (κ2) is 7.67. The molecule has 0 aromatic heterocycles. The summed E-state index contributed by atoms with van der Waals surface area (Å²) in [6, 6.07) is 9.71. The average molecular weight is 383 g/mol. The van der Waals surface area contributed by atoms with Crippen molar-refractivity contribution in [1.82, 2.24) is 0 Å². The van der Waals surface area contributed by atoms with E-state index in [0.29, 0.717) is 5.75 Å². The number of rotatable bonds is 5. The largest absolute Gasteiger partial charge is 0.495 e. The Labute approximate surface area is 162 Å². The average Bonchev–Trinajstić information content (AvgIpc) is 3.05. The Morgan fingerprint density at radius 3 is 2.61 bits per heavy atom. The number of carbonyl (C=O) groups is 2. The molecular weight excluding hydrogens is 362 g/mol. The number of amides is 2. The number of hydrogen-bond acceptors (Lipinski definition) is 5. The molecule has 1 aliphatic heterocycles. The molecule has 3 rings (SSSR count). The van der Waals surface area contributed by atoms with Crippen molar-refractivity contribution in [3.63, 3.8) is 0 Å². The molecule has 146 valence electrons. The summed E-state index contributed by atoms with van der Waals surface area (Å²) in [4.78, 5) is 37.2. The Hall–Kier alpha value is -3.42. The molecule has 1 aliphatic rings. The molecule has 1 saturated heterocycles.